The number of anilines is 1. The molecule has 0 spiro atoms. The Kier molecular flexibility index (Phi) is 4.21. The largest absolute Gasteiger partial charge is 0.490 e. The zero-order valence-corrected chi connectivity index (χ0v) is 10.7. The Morgan fingerprint density at radius 2 is 2.18 bits per heavy atom. The molecule has 92 valence electrons. The molecule has 2 N–H and O–H groups in total. The maximum atomic E-state index is 10.9. The van der Waals surface area contributed by atoms with Gasteiger partial charge in [-0.3, -0.25) is 0 Å². The monoisotopic (exact) mass is 274 g/mol. The lowest BCUT2D eigenvalue weighted by molar-refractivity contribution is 0.343. The molecule has 0 heterocycles. The number of halogens is 1. The summed E-state index contributed by atoms with van der Waals surface area (Å²) in [5.74, 6) is 0.145. The van der Waals surface area contributed by atoms with Crippen molar-refractivity contribution in [2.75, 3.05) is 24.3 Å². The van der Waals surface area contributed by atoms with Crippen molar-refractivity contribution in [3.8, 4) is 11.8 Å². The average Bonchev–Trinajstić information content (AvgIpc) is 2.20. The van der Waals surface area contributed by atoms with Crippen molar-refractivity contribution in [1.82, 2.24) is 0 Å². The van der Waals surface area contributed by atoms with Crippen LogP contribution in [0.2, 0.25) is 5.02 Å². The van der Waals surface area contributed by atoms with Gasteiger partial charge in [0.2, 0.25) is 0 Å². The Morgan fingerprint density at radius 1 is 1.53 bits per heavy atom. The van der Waals surface area contributed by atoms with E-state index in [0.29, 0.717) is 0 Å². The van der Waals surface area contributed by atoms with Crippen LogP contribution in [0.5, 0.6) is 5.75 Å². The maximum absolute atomic E-state index is 10.9. The highest BCUT2D eigenvalue weighted by Crippen LogP contribution is 2.30. The molecule has 17 heavy (non-hydrogen) atoms. The van der Waals surface area contributed by atoms with Gasteiger partial charge in [-0.05, 0) is 12.1 Å². The molecule has 1 rings (SSSR count). The fraction of sp³-hybridized carbons (Fsp3) is 0.300. The van der Waals surface area contributed by atoms with Gasteiger partial charge in [0.1, 0.15) is 18.4 Å². The lowest BCUT2D eigenvalue weighted by Gasteiger charge is -2.09. The van der Waals surface area contributed by atoms with Crippen LogP contribution >= 0.6 is 11.6 Å². The molecule has 0 saturated carbocycles. The molecule has 0 aromatic heterocycles. The number of nitrogens with two attached hydrogens (primary N) is 1. The molecule has 0 aliphatic carbocycles. The van der Waals surface area contributed by atoms with Crippen LogP contribution in [-0.2, 0) is 9.84 Å². The van der Waals surface area contributed by atoms with E-state index in [9.17, 15) is 8.42 Å². The van der Waals surface area contributed by atoms with Gasteiger partial charge in [0.25, 0.3) is 0 Å². The summed E-state index contributed by atoms with van der Waals surface area (Å²) in [6, 6.07) is 4.83. The van der Waals surface area contributed by atoms with Crippen LogP contribution in [-0.4, -0.2) is 27.0 Å². The van der Waals surface area contributed by atoms with Crippen LogP contribution in [0.25, 0.3) is 0 Å². The molecular formula is C10H11ClN2O3S. The molecule has 1 aromatic rings. The van der Waals surface area contributed by atoms with Crippen molar-refractivity contribution in [2.45, 2.75) is 0 Å². The van der Waals surface area contributed by atoms with E-state index >= 15 is 0 Å². The van der Waals surface area contributed by atoms with Crippen molar-refractivity contribution >= 4 is 27.1 Å². The first-order valence-electron chi connectivity index (χ1n) is 4.64. The van der Waals surface area contributed by atoms with Gasteiger partial charge in [-0.2, -0.15) is 5.26 Å². The smallest absolute Gasteiger partial charge is 0.150 e. The molecule has 0 radical (unpaired) electrons. The molecule has 0 atom stereocenters. The summed E-state index contributed by atoms with van der Waals surface area (Å²) in [7, 11) is -3.09. The molecule has 1 aromatic carbocycles. The number of hydrogen-bond acceptors (Lipinski definition) is 5. The zero-order chi connectivity index (χ0) is 13.1. The Bertz CT molecular complexity index is 564. The second kappa shape index (κ2) is 5.25. The molecule has 0 aliphatic rings. The third-order valence-electron chi connectivity index (χ3n) is 1.98. The number of sulfone groups is 1. The number of hydrogen-bond donors (Lipinski definition) is 1. The highest BCUT2D eigenvalue weighted by molar-refractivity contribution is 7.90. The first-order valence-corrected chi connectivity index (χ1v) is 7.07. The number of rotatable bonds is 4. The van der Waals surface area contributed by atoms with E-state index < -0.39 is 9.84 Å². The summed E-state index contributed by atoms with van der Waals surface area (Å²) in [4.78, 5) is 0. The average molecular weight is 275 g/mol. The predicted octanol–water partition coefficient (Wildman–Crippen LogP) is 1.22. The van der Waals surface area contributed by atoms with Gasteiger partial charge in [0.15, 0.2) is 9.84 Å². The number of nitrogen functional groups attached to an aromatic ring is 1. The van der Waals surface area contributed by atoms with Gasteiger partial charge in [-0.1, -0.05) is 11.6 Å². The standard InChI is InChI=1S/C10H11ClN2O3S/c1-17(14,15)5-4-16-9-3-2-8(11)7(6-12)10(9)13/h2-3H,4-5,13H2,1H3. The minimum absolute atomic E-state index is 0.0183. The minimum Gasteiger partial charge on any atom is -0.490 e. The summed E-state index contributed by atoms with van der Waals surface area (Å²) in [5.41, 5.74) is 5.91. The third-order valence-corrected chi connectivity index (χ3v) is 3.20. The van der Waals surface area contributed by atoms with Gasteiger partial charge < -0.3 is 10.5 Å². The Hall–Kier alpha value is -1.45. The summed E-state index contributed by atoms with van der Waals surface area (Å²) in [6.07, 6.45) is 1.11. The van der Waals surface area contributed by atoms with E-state index in [1.54, 1.807) is 0 Å². The highest BCUT2D eigenvalue weighted by Gasteiger charge is 2.11. The second-order valence-electron chi connectivity index (χ2n) is 3.42. The van der Waals surface area contributed by atoms with Gasteiger partial charge >= 0.3 is 0 Å². The van der Waals surface area contributed by atoms with Gasteiger partial charge in [0, 0.05) is 6.26 Å². The lowest BCUT2D eigenvalue weighted by Crippen LogP contribution is -2.13. The Morgan fingerprint density at radius 3 is 2.71 bits per heavy atom. The van der Waals surface area contributed by atoms with E-state index in [4.69, 9.17) is 27.3 Å². The van der Waals surface area contributed by atoms with Crippen LogP contribution in [0.15, 0.2) is 12.1 Å². The topological polar surface area (TPSA) is 93.2 Å². The molecular weight excluding hydrogens is 264 g/mol. The fourth-order valence-corrected chi connectivity index (χ4v) is 1.71. The van der Waals surface area contributed by atoms with E-state index in [2.05, 4.69) is 0 Å². The van der Waals surface area contributed by atoms with Crippen molar-refractivity contribution < 1.29 is 13.2 Å². The van der Waals surface area contributed by atoms with Gasteiger partial charge in [0.05, 0.1) is 22.0 Å². The van der Waals surface area contributed by atoms with Crippen LogP contribution in [0, 0.1) is 11.3 Å². The summed E-state index contributed by atoms with van der Waals surface area (Å²) < 4.78 is 27.0. The van der Waals surface area contributed by atoms with Crippen LogP contribution in [0.4, 0.5) is 5.69 Å². The normalized spacial score (nSPS) is 10.9. The van der Waals surface area contributed by atoms with Crippen LogP contribution in [0.3, 0.4) is 0 Å². The third kappa shape index (κ3) is 3.80. The van der Waals surface area contributed by atoms with E-state index in [1.165, 1.54) is 12.1 Å². The first kappa shape index (κ1) is 13.6. The zero-order valence-electron chi connectivity index (χ0n) is 9.10. The van der Waals surface area contributed by atoms with Gasteiger partial charge in [-0.15, -0.1) is 0 Å². The Labute approximate surface area is 105 Å². The van der Waals surface area contributed by atoms with E-state index in [0.717, 1.165) is 6.26 Å². The fourth-order valence-electron chi connectivity index (χ4n) is 1.12. The SMILES string of the molecule is CS(=O)(=O)CCOc1ccc(Cl)c(C#N)c1N. The molecule has 0 saturated heterocycles. The Balaban J connectivity index is 2.84. The maximum Gasteiger partial charge on any atom is 0.150 e. The van der Waals surface area contributed by atoms with Crippen molar-refractivity contribution in [3.05, 3.63) is 22.7 Å². The molecule has 0 unspecified atom stereocenters. The molecule has 0 bridgehead atoms. The van der Waals surface area contributed by atoms with E-state index in [1.807, 2.05) is 6.07 Å². The molecule has 0 aliphatic heterocycles. The number of nitriles is 1. The summed E-state index contributed by atoms with van der Waals surface area (Å²) in [5, 5.41) is 9.05. The van der Waals surface area contributed by atoms with Crippen molar-refractivity contribution in [1.29, 1.82) is 5.26 Å². The molecule has 0 fully saturated rings. The quantitative estimate of drug-likeness (QED) is 0.833. The number of ether oxygens (including phenoxy) is 1. The highest BCUT2D eigenvalue weighted by atomic mass is 35.5. The van der Waals surface area contributed by atoms with Crippen molar-refractivity contribution in [3.63, 3.8) is 0 Å². The second-order valence-corrected chi connectivity index (χ2v) is 6.09. The lowest BCUT2D eigenvalue weighted by atomic mass is 10.2. The molecule has 7 heteroatoms. The van der Waals surface area contributed by atoms with Gasteiger partial charge in [-0.25, -0.2) is 8.42 Å². The number of nitrogens with zero attached hydrogens (tertiary/aromatic N) is 1. The number of benzene rings is 1. The predicted molar refractivity (Wildman–Crippen MR) is 65.8 cm³/mol. The van der Waals surface area contributed by atoms with E-state index in [-0.39, 0.29) is 34.4 Å². The van der Waals surface area contributed by atoms with Crippen LogP contribution < -0.4 is 10.5 Å². The summed E-state index contributed by atoms with van der Waals surface area (Å²) in [6.45, 7) is -0.0183. The first-order chi connectivity index (χ1) is 7.85. The molecule has 5 nitrogen and oxygen atoms in total. The van der Waals surface area contributed by atoms with Crippen molar-refractivity contribution in [2.24, 2.45) is 0 Å². The summed E-state index contributed by atoms with van der Waals surface area (Å²) >= 11 is 5.75. The molecule has 0 amide bonds. The van der Waals surface area contributed by atoms with Crippen LogP contribution in [0.1, 0.15) is 5.56 Å². The minimum atomic E-state index is -3.09.